The molecule has 0 aromatic heterocycles. The third-order valence-electron chi connectivity index (χ3n) is 3.47. The first kappa shape index (κ1) is 19.0. The van der Waals surface area contributed by atoms with Crippen LogP contribution in [-0.4, -0.2) is 55.1 Å². The molecular weight excluding hydrogens is 304 g/mol. The largest absolute Gasteiger partial charge is 0.444 e. The van der Waals surface area contributed by atoms with Crippen LogP contribution >= 0.6 is 0 Å². The number of hydrogen-bond donors (Lipinski definition) is 1. The fourth-order valence-electron chi connectivity index (χ4n) is 2.73. The molecule has 130 valence electrons. The number of hydrogen-bond acceptors (Lipinski definition) is 3. The van der Waals surface area contributed by atoms with Gasteiger partial charge in [0.05, 0.1) is 0 Å². The lowest BCUT2D eigenvalue weighted by Gasteiger charge is -2.41. The number of likely N-dealkylation sites (tertiary alicyclic amines) is 1. The van der Waals surface area contributed by atoms with Crippen LogP contribution in [-0.2, 0) is 4.74 Å². The molecule has 1 heterocycles. The van der Waals surface area contributed by atoms with E-state index in [4.69, 9.17) is 4.74 Å². The molecule has 2 atom stereocenters. The Kier molecular flexibility index (Phi) is 6.46. The summed E-state index contributed by atoms with van der Waals surface area (Å²) in [6, 6.07) is -1.73. The average molecular weight is 328 g/mol. The Bertz CT molecular complexity index is 367. The molecule has 1 aliphatic heterocycles. The van der Waals surface area contributed by atoms with E-state index < -0.39 is 36.5 Å². The van der Waals surface area contributed by atoms with Gasteiger partial charge in [0.2, 0.25) is 0 Å². The summed E-state index contributed by atoms with van der Waals surface area (Å²) in [5, 5.41) is 2.39. The minimum Gasteiger partial charge on any atom is -0.444 e. The molecule has 0 unspecified atom stereocenters. The molecule has 0 bridgehead atoms. The van der Waals surface area contributed by atoms with Gasteiger partial charge < -0.3 is 10.1 Å². The summed E-state index contributed by atoms with van der Waals surface area (Å²) in [6.45, 7) is 4.04. The van der Waals surface area contributed by atoms with Crippen molar-refractivity contribution in [2.75, 3.05) is 26.3 Å². The molecule has 1 rings (SSSR count). The first-order valence-corrected chi connectivity index (χ1v) is 7.38. The number of carbonyl (C=O) groups is 1. The number of piperidine rings is 1. The van der Waals surface area contributed by atoms with E-state index in [1.54, 1.807) is 20.8 Å². The van der Waals surface area contributed by atoms with Gasteiger partial charge in [0.25, 0.3) is 0 Å². The lowest BCUT2D eigenvalue weighted by Crippen LogP contribution is -2.56. The average Bonchev–Trinajstić information content (AvgIpc) is 2.33. The van der Waals surface area contributed by atoms with E-state index in [1.807, 2.05) is 0 Å². The Morgan fingerprint density at radius 3 is 2.45 bits per heavy atom. The second kappa shape index (κ2) is 7.48. The lowest BCUT2D eigenvalue weighted by atomic mass is 9.88. The standard InChI is InChI=1S/C14H24F4N2O2/c1-13(2,3)22-12(21)19-9-10-5-4-7-20(8-6-15)11(10)14(16,17)18/h10-11H,4-9H2,1-3H3,(H,19,21)/t10-,11-/m0/s1. The van der Waals surface area contributed by atoms with Crippen molar-refractivity contribution in [1.82, 2.24) is 10.2 Å². The van der Waals surface area contributed by atoms with E-state index in [0.717, 1.165) is 4.90 Å². The fourth-order valence-corrected chi connectivity index (χ4v) is 2.73. The second-order valence-electron chi connectivity index (χ2n) is 6.50. The van der Waals surface area contributed by atoms with Gasteiger partial charge in [-0.2, -0.15) is 13.2 Å². The lowest BCUT2D eigenvalue weighted by molar-refractivity contribution is -0.205. The van der Waals surface area contributed by atoms with Gasteiger partial charge in [0.15, 0.2) is 0 Å². The van der Waals surface area contributed by atoms with Crippen molar-refractivity contribution in [3.8, 4) is 0 Å². The molecule has 4 nitrogen and oxygen atoms in total. The highest BCUT2D eigenvalue weighted by molar-refractivity contribution is 5.67. The van der Waals surface area contributed by atoms with E-state index in [0.29, 0.717) is 12.8 Å². The van der Waals surface area contributed by atoms with Crippen LogP contribution in [0.5, 0.6) is 0 Å². The first-order chi connectivity index (χ1) is 10.0. The van der Waals surface area contributed by atoms with Gasteiger partial charge in [-0.25, -0.2) is 9.18 Å². The molecule has 1 aliphatic rings. The predicted molar refractivity (Wildman–Crippen MR) is 74.4 cm³/mol. The zero-order valence-corrected chi connectivity index (χ0v) is 13.2. The maximum atomic E-state index is 13.3. The van der Waals surface area contributed by atoms with E-state index in [-0.39, 0.29) is 19.6 Å². The summed E-state index contributed by atoms with van der Waals surface area (Å²) in [6.07, 6.45) is -4.30. The Morgan fingerprint density at radius 1 is 1.32 bits per heavy atom. The van der Waals surface area contributed by atoms with Gasteiger partial charge in [0, 0.05) is 19.0 Å². The molecular formula is C14H24F4N2O2. The number of alkyl halides is 4. The zero-order chi connectivity index (χ0) is 17.0. The van der Waals surface area contributed by atoms with Crippen molar-refractivity contribution >= 4 is 6.09 Å². The molecule has 1 amide bonds. The SMILES string of the molecule is CC(C)(C)OC(=O)NC[C@@H]1CCCN(CCF)[C@@H]1C(F)(F)F. The molecule has 8 heteroatoms. The molecule has 1 saturated heterocycles. The first-order valence-electron chi connectivity index (χ1n) is 7.38. The van der Waals surface area contributed by atoms with E-state index >= 15 is 0 Å². The van der Waals surface area contributed by atoms with Crippen LogP contribution in [0.1, 0.15) is 33.6 Å². The number of halogens is 4. The van der Waals surface area contributed by atoms with Crippen LogP contribution in [0.25, 0.3) is 0 Å². The van der Waals surface area contributed by atoms with E-state index in [9.17, 15) is 22.4 Å². The number of alkyl carbamates (subject to hydrolysis) is 1. The molecule has 0 spiro atoms. The fraction of sp³-hybridized carbons (Fsp3) is 0.929. The molecule has 0 aliphatic carbocycles. The van der Waals surface area contributed by atoms with Crippen LogP contribution < -0.4 is 5.32 Å². The Hall–Kier alpha value is -1.05. The number of rotatable bonds is 4. The zero-order valence-electron chi connectivity index (χ0n) is 13.2. The molecule has 0 aromatic rings. The molecule has 22 heavy (non-hydrogen) atoms. The van der Waals surface area contributed by atoms with Gasteiger partial charge in [-0.05, 0) is 40.2 Å². The van der Waals surface area contributed by atoms with Gasteiger partial charge >= 0.3 is 12.3 Å². The van der Waals surface area contributed by atoms with Crippen molar-refractivity contribution in [3.05, 3.63) is 0 Å². The van der Waals surface area contributed by atoms with Crippen LogP contribution in [0.3, 0.4) is 0 Å². The minimum atomic E-state index is -4.45. The van der Waals surface area contributed by atoms with Crippen molar-refractivity contribution < 1.29 is 27.1 Å². The number of carbonyl (C=O) groups excluding carboxylic acids is 1. The summed E-state index contributed by atoms with van der Waals surface area (Å²) in [5.74, 6) is -0.798. The van der Waals surface area contributed by atoms with Crippen molar-refractivity contribution in [3.63, 3.8) is 0 Å². The number of ether oxygens (including phenoxy) is 1. The van der Waals surface area contributed by atoms with Crippen molar-refractivity contribution in [1.29, 1.82) is 0 Å². The van der Waals surface area contributed by atoms with Gasteiger partial charge in [-0.15, -0.1) is 0 Å². The van der Waals surface area contributed by atoms with Crippen LogP contribution in [0.4, 0.5) is 22.4 Å². The second-order valence-corrected chi connectivity index (χ2v) is 6.50. The Morgan fingerprint density at radius 2 is 1.95 bits per heavy atom. The molecule has 0 saturated carbocycles. The van der Waals surface area contributed by atoms with E-state index in [2.05, 4.69) is 5.32 Å². The summed E-state index contributed by atoms with van der Waals surface area (Å²) in [7, 11) is 0. The van der Waals surface area contributed by atoms with Gasteiger partial charge in [-0.3, -0.25) is 4.90 Å². The number of nitrogens with zero attached hydrogens (tertiary/aromatic N) is 1. The minimum absolute atomic E-state index is 0.137. The number of amides is 1. The predicted octanol–water partition coefficient (Wildman–Crippen LogP) is 3.12. The topological polar surface area (TPSA) is 41.6 Å². The molecule has 1 fully saturated rings. The van der Waals surface area contributed by atoms with Crippen LogP contribution in [0.15, 0.2) is 0 Å². The molecule has 0 radical (unpaired) electrons. The van der Waals surface area contributed by atoms with E-state index in [1.165, 1.54) is 0 Å². The quantitative estimate of drug-likeness (QED) is 0.806. The Labute approximate surface area is 128 Å². The highest BCUT2D eigenvalue weighted by Gasteiger charge is 2.49. The maximum absolute atomic E-state index is 13.3. The maximum Gasteiger partial charge on any atom is 0.407 e. The summed E-state index contributed by atoms with van der Waals surface area (Å²) < 4.78 is 57.2. The highest BCUT2D eigenvalue weighted by atomic mass is 19.4. The molecule has 0 aromatic carbocycles. The van der Waals surface area contributed by atoms with Crippen LogP contribution in [0.2, 0.25) is 0 Å². The summed E-state index contributed by atoms with van der Waals surface area (Å²) in [4.78, 5) is 12.7. The summed E-state index contributed by atoms with van der Waals surface area (Å²) >= 11 is 0. The third-order valence-corrected chi connectivity index (χ3v) is 3.47. The highest BCUT2D eigenvalue weighted by Crippen LogP contribution is 2.35. The van der Waals surface area contributed by atoms with Crippen LogP contribution in [0, 0.1) is 5.92 Å². The molecule has 1 N–H and O–H groups in total. The smallest absolute Gasteiger partial charge is 0.407 e. The van der Waals surface area contributed by atoms with Crippen molar-refractivity contribution in [2.24, 2.45) is 5.92 Å². The van der Waals surface area contributed by atoms with Crippen molar-refractivity contribution in [2.45, 2.75) is 51.4 Å². The third kappa shape index (κ3) is 5.98. The Balaban J connectivity index is 2.67. The monoisotopic (exact) mass is 328 g/mol. The van der Waals surface area contributed by atoms with Gasteiger partial charge in [0.1, 0.15) is 18.3 Å². The van der Waals surface area contributed by atoms with Gasteiger partial charge in [-0.1, -0.05) is 0 Å². The summed E-state index contributed by atoms with van der Waals surface area (Å²) in [5.41, 5.74) is -0.708. The number of nitrogens with one attached hydrogen (secondary N) is 1. The normalized spacial score (nSPS) is 24.1.